The van der Waals surface area contributed by atoms with E-state index in [1.807, 2.05) is 30.5 Å². The average molecular weight is 475 g/mol. The van der Waals surface area contributed by atoms with Gasteiger partial charge in [0.2, 0.25) is 0 Å². The minimum Gasteiger partial charge on any atom is -0.492 e. The predicted octanol–water partition coefficient (Wildman–Crippen LogP) is 3.90. The largest absolute Gasteiger partial charge is 0.492 e. The van der Waals surface area contributed by atoms with Gasteiger partial charge in [0.05, 0.1) is 24.9 Å². The quantitative estimate of drug-likeness (QED) is 0.562. The molecule has 2 unspecified atom stereocenters. The van der Waals surface area contributed by atoms with Crippen LogP contribution >= 0.6 is 0 Å². The molecule has 184 valence electrons. The van der Waals surface area contributed by atoms with Gasteiger partial charge in [0.1, 0.15) is 12.4 Å². The summed E-state index contributed by atoms with van der Waals surface area (Å²) in [7, 11) is 0. The van der Waals surface area contributed by atoms with E-state index in [2.05, 4.69) is 38.2 Å². The van der Waals surface area contributed by atoms with Crippen molar-refractivity contribution in [1.82, 2.24) is 20.0 Å². The maximum absolute atomic E-state index is 13.6. The van der Waals surface area contributed by atoms with Gasteiger partial charge in [-0.15, -0.1) is 0 Å². The van der Waals surface area contributed by atoms with Gasteiger partial charge in [0, 0.05) is 42.7 Å². The number of aromatic amines is 1. The number of aromatic nitrogens is 2. The molecule has 0 radical (unpaired) electrons. The van der Waals surface area contributed by atoms with E-state index >= 15 is 0 Å². The monoisotopic (exact) mass is 474 g/mol. The molecule has 2 atom stereocenters. The zero-order chi connectivity index (χ0) is 23.6. The van der Waals surface area contributed by atoms with Crippen LogP contribution in [-0.4, -0.2) is 77.4 Å². The molecule has 2 aromatic carbocycles. The summed E-state index contributed by atoms with van der Waals surface area (Å²) in [5.74, 6) is 1.56. The van der Waals surface area contributed by atoms with Crippen LogP contribution < -0.4 is 4.74 Å². The van der Waals surface area contributed by atoms with E-state index in [4.69, 9.17) is 9.47 Å². The first-order chi connectivity index (χ1) is 17.2. The first-order valence-electron chi connectivity index (χ1n) is 13.0. The highest BCUT2D eigenvalue weighted by Crippen LogP contribution is 2.41. The topological polar surface area (TPSA) is 70.7 Å². The van der Waals surface area contributed by atoms with E-state index in [9.17, 15) is 4.79 Å². The van der Waals surface area contributed by atoms with E-state index in [1.54, 1.807) is 0 Å². The number of carbonyl (C=O) groups is 1. The highest BCUT2D eigenvalue weighted by Gasteiger charge is 2.43. The standard InChI is InChI=1S/C28H34N4O3/c33-28(22-2-1-3-26(18-22)35-13-10-31-8-11-34-12-9-31)32-24-5-6-25(32)17-21(16-24)14-20-4-7-27-23(15-20)19-29-30-27/h1-4,7,15,18-19,21,24-25H,5-6,8-14,16-17H2,(H,29,30). The van der Waals surface area contributed by atoms with Crippen molar-refractivity contribution in [2.75, 3.05) is 39.5 Å². The Morgan fingerprint density at radius 3 is 2.74 bits per heavy atom. The van der Waals surface area contributed by atoms with E-state index in [0.717, 1.165) is 81.8 Å². The molecule has 1 N–H and O–H groups in total. The Kier molecular flexibility index (Phi) is 6.44. The molecule has 3 aliphatic rings. The lowest BCUT2D eigenvalue weighted by atomic mass is 9.85. The molecular formula is C28H34N4O3. The Morgan fingerprint density at radius 1 is 1.09 bits per heavy atom. The van der Waals surface area contributed by atoms with Crippen LogP contribution in [0.3, 0.4) is 0 Å². The molecule has 3 aliphatic heterocycles. The highest BCUT2D eigenvalue weighted by molar-refractivity contribution is 5.95. The molecule has 3 aromatic rings. The summed E-state index contributed by atoms with van der Waals surface area (Å²) in [6.07, 6.45) is 7.36. The lowest BCUT2D eigenvalue weighted by molar-refractivity contribution is 0.0322. The SMILES string of the molecule is O=C(c1cccc(OCCN2CCOCC2)c1)N1C2CCC1CC(Cc1ccc3[nH]ncc3c1)C2. The van der Waals surface area contributed by atoms with Crippen LogP contribution in [0.15, 0.2) is 48.7 Å². The van der Waals surface area contributed by atoms with Gasteiger partial charge in [-0.05, 0) is 73.9 Å². The normalized spacial score (nSPS) is 24.7. The molecule has 2 bridgehead atoms. The number of benzene rings is 2. The lowest BCUT2D eigenvalue weighted by Crippen LogP contribution is -2.46. The third-order valence-corrected chi connectivity index (χ3v) is 7.96. The van der Waals surface area contributed by atoms with Crippen molar-refractivity contribution >= 4 is 16.8 Å². The van der Waals surface area contributed by atoms with E-state index in [1.165, 1.54) is 10.9 Å². The van der Waals surface area contributed by atoms with Gasteiger partial charge in [0.25, 0.3) is 5.91 Å². The minimum atomic E-state index is 0.161. The van der Waals surface area contributed by atoms with Crippen molar-refractivity contribution in [1.29, 1.82) is 0 Å². The number of nitrogens with one attached hydrogen (secondary N) is 1. The van der Waals surface area contributed by atoms with Gasteiger partial charge in [0.15, 0.2) is 0 Å². The number of carbonyl (C=O) groups excluding carboxylic acids is 1. The molecule has 1 amide bonds. The van der Waals surface area contributed by atoms with E-state index < -0.39 is 0 Å². The van der Waals surface area contributed by atoms with Gasteiger partial charge < -0.3 is 14.4 Å². The zero-order valence-electron chi connectivity index (χ0n) is 20.2. The number of hydrogen-bond donors (Lipinski definition) is 1. The number of piperidine rings is 1. The van der Waals surface area contributed by atoms with Gasteiger partial charge in [-0.25, -0.2) is 0 Å². The second kappa shape index (κ2) is 9.99. The number of morpholine rings is 1. The molecule has 1 aromatic heterocycles. The number of amides is 1. The van der Waals surface area contributed by atoms with Crippen LogP contribution in [0.25, 0.3) is 10.9 Å². The first-order valence-corrected chi connectivity index (χ1v) is 13.0. The fraction of sp³-hybridized carbons (Fsp3) is 0.500. The Hall–Kier alpha value is -2.90. The number of rotatable bonds is 7. The molecule has 3 fully saturated rings. The van der Waals surface area contributed by atoms with Crippen molar-refractivity contribution < 1.29 is 14.3 Å². The Bertz CT molecular complexity index is 1160. The molecule has 6 rings (SSSR count). The van der Waals surface area contributed by atoms with Crippen LogP contribution in [0.5, 0.6) is 5.75 Å². The van der Waals surface area contributed by atoms with Crippen molar-refractivity contribution in [2.45, 2.75) is 44.2 Å². The fourth-order valence-electron chi connectivity index (χ4n) is 6.23. The number of hydrogen-bond acceptors (Lipinski definition) is 5. The summed E-state index contributed by atoms with van der Waals surface area (Å²) in [5, 5.41) is 8.34. The molecule has 7 nitrogen and oxygen atoms in total. The number of ether oxygens (including phenoxy) is 2. The van der Waals surface area contributed by atoms with Crippen molar-refractivity contribution in [2.24, 2.45) is 5.92 Å². The highest BCUT2D eigenvalue weighted by atomic mass is 16.5. The number of nitrogens with zero attached hydrogens (tertiary/aromatic N) is 3. The van der Waals surface area contributed by atoms with Crippen molar-refractivity contribution in [3.63, 3.8) is 0 Å². The first kappa shape index (κ1) is 22.6. The summed E-state index contributed by atoms with van der Waals surface area (Å²) >= 11 is 0. The maximum Gasteiger partial charge on any atom is 0.254 e. The van der Waals surface area contributed by atoms with Crippen LogP contribution in [0.2, 0.25) is 0 Å². The van der Waals surface area contributed by atoms with Crippen LogP contribution in [-0.2, 0) is 11.2 Å². The van der Waals surface area contributed by atoms with Crippen LogP contribution in [0.4, 0.5) is 0 Å². The second-order valence-electron chi connectivity index (χ2n) is 10.3. The smallest absolute Gasteiger partial charge is 0.254 e. The molecule has 4 heterocycles. The summed E-state index contributed by atoms with van der Waals surface area (Å²) < 4.78 is 11.4. The summed E-state index contributed by atoms with van der Waals surface area (Å²) in [4.78, 5) is 18.1. The lowest BCUT2D eigenvalue weighted by Gasteiger charge is -2.39. The average Bonchev–Trinajstić information content (AvgIpc) is 3.46. The van der Waals surface area contributed by atoms with Gasteiger partial charge in [-0.3, -0.25) is 14.8 Å². The molecule has 0 spiro atoms. The molecule has 0 saturated carbocycles. The van der Waals surface area contributed by atoms with Gasteiger partial charge >= 0.3 is 0 Å². The molecule has 3 saturated heterocycles. The number of H-pyrrole nitrogens is 1. The Balaban J connectivity index is 1.07. The van der Waals surface area contributed by atoms with Crippen LogP contribution in [0.1, 0.15) is 41.6 Å². The second-order valence-corrected chi connectivity index (χ2v) is 10.3. The van der Waals surface area contributed by atoms with Crippen LogP contribution in [0, 0.1) is 5.92 Å². The van der Waals surface area contributed by atoms with Crippen molar-refractivity contribution in [3.05, 3.63) is 59.8 Å². The Labute approximate surface area is 206 Å². The van der Waals surface area contributed by atoms with E-state index in [-0.39, 0.29) is 5.91 Å². The predicted molar refractivity (Wildman–Crippen MR) is 135 cm³/mol. The van der Waals surface area contributed by atoms with Crippen molar-refractivity contribution in [3.8, 4) is 5.75 Å². The Morgan fingerprint density at radius 2 is 1.91 bits per heavy atom. The molecule has 35 heavy (non-hydrogen) atoms. The third kappa shape index (κ3) is 4.93. The molecule has 0 aliphatic carbocycles. The third-order valence-electron chi connectivity index (χ3n) is 7.96. The molecule has 7 heteroatoms. The van der Waals surface area contributed by atoms with Gasteiger partial charge in [-0.2, -0.15) is 5.10 Å². The fourth-order valence-corrected chi connectivity index (χ4v) is 6.23. The summed E-state index contributed by atoms with van der Waals surface area (Å²) in [6.45, 7) is 5.01. The minimum absolute atomic E-state index is 0.161. The zero-order valence-corrected chi connectivity index (χ0v) is 20.2. The number of fused-ring (bicyclic) bond motifs is 3. The molecular weight excluding hydrogens is 440 g/mol. The van der Waals surface area contributed by atoms with Gasteiger partial charge in [-0.1, -0.05) is 12.1 Å². The van der Waals surface area contributed by atoms with E-state index in [0.29, 0.717) is 24.6 Å². The summed E-state index contributed by atoms with van der Waals surface area (Å²) in [5.41, 5.74) is 3.20. The maximum atomic E-state index is 13.6. The summed E-state index contributed by atoms with van der Waals surface area (Å²) in [6, 6.07) is 15.0.